The summed E-state index contributed by atoms with van der Waals surface area (Å²) < 4.78 is 0. The van der Waals surface area contributed by atoms with Gasteiger partial charge in [0.25, 0.3) is 0 Å². The lowest BCUT2D eigenvalue weighted by molar-refractivity contribution is 0.470. The summed E-state index contributed by atoms with van der Waals surface area (Å²) in [5.74, 6) is 0.510. The Hall–Kier alpha value is -5.28. The highest BCUT2D eigenvalue weighted by molar-refractivity contribution is 5.78. The van der Waals surface area contributed by atoms with E-state index in [9.17, 15) is 10.2 Å². The number of nitrogens with zero attached hydrogens (tertiary/aromatic N) is 1. The van der Waals surface area contributed by atoms with Crippen LogP contribution in [0.25, 0.3) is 11.1 Å². The number of anilines is 3. The van der Waals surface area contributed by atoms with Gasteiger partial charge in [-0.2, -0.15) is 0 Å². The molecule has 0 unspecified atom stereocenters. The van der Waals surface area contributed by atoms with Gasteiger partial charge in [0.1, 0.15) is 11.5 Å². The van der Waals surface area contributed by atoms with Crippen LogP contribution in [0.4, 0.5) is 17.1 Å². The van der Waals surface area contributed by atoms with Crippen molar-refractivity contribution in [3.05, 3.63) is 173 Å². The molecule has 0 heterocycles. The Morgan fingerprint density at radius 1 is 0.511 bits per heavy atom. The van der Waals surface area contributed by atoms with Crippen LogP contribution in [0.2, 0.25) is 0 Å². The second kappa shape index (κ2) is 12.8. The van der Waals surface area contributed by atoms with Crippen LogP contribution < -0.4 is 4.90 Å². The van der Waals surface area contributed by atoms with Crippen LogP contribution in [-0.4, -0.2) is 10.2 Å². The zero-order valence-electron chi connectivity index (χ0n) is 26.1. The normalized spacial score (nSPS) is 11.4. The van der Waals surface area contributed by atoms with E-state index >= 15 is 0 Å². The van der Waals surface area contributed by atoms with Crippen LogP contribution in [-0.2, 0) is 11.8 Å². The molecule has 0 amide bonds. The first-order valence-electron chi connectivity index (χ1n) is 15.5. The Balaban J connectivity index is 1.30. The standard InChI is InChI=1S/C42H39NO2/c1-30-9-18-39(29-31(30)2)43(38-21-12-34(13-22-38)33-7-5-4-6-8-33)37-19-10-32(11-20-37)27-28-42(3,35-14-23-40(44)24-15-35)36-16-25-41(45)26-17-36/h4-26,29,44-45H,27-28H2,1-3H3. The molecule has 0 radical (unpaired) electrons. The molecule has 3 nitrogen and oxygen atoms in total. The lowest BCUT2D eigenvalue weighted by Crippen LogP contribution is -2.24. The summed E-state index contributed by atoms with van der Waals surface area (Å²) in [6, 6.07) is 49.8. The van der Waals surface area contributed by atoms with Crippen molar-refractivity contribution in [3.63, 3.8) is 0 Å². The lowest BCUT2D eigenvalue weighted by atomic mass is 9.72. The van der Waals surface area contributed by atoms with Crippen LogP contribution in [0.1, 0.15) is 41.2 Å². The smallest absolute Gasteiger partial charge is 0.115 e. The number of hydrogen-bond donors (Lipinski definition) is 2. The van der Waals surface area contributed by atoms with Gasteiger partial charge in [-0.3, -0.25) is 0 Å². The SMILES string of the molecule is Cc1ccc(N(c2ccc(CCC(C)(c3ccc(O)cc3)c3ccc(O)cc3)cc2)c2ccc(-c3ccccc3)cc2)cc1C. The van der Waals surface area contributed by atoms with Gasteiger partial charge >= 0.3 is 0 Å². The molecule has 6 rings (SSSR count). The van der Waals surface area contributed by atoms with Gasteiger partial charge in [0, 0.05) is 22.5 Å². The van der Waals surface area contributed by atoms with E-state index in [0.717, 1.165) is 41.0 Å². The molecular weight excluding hydrogens is 550 g/mol. The third kappa shape index (κ3) is 6.49. The first kappa shape index (κ1) is 29.8. The van der Waals surface area contributed by atoms with Crippen LogP contribution >= 0.6 is 0 Å². The van der Waals surface area contributed by atoms with E-state index in [-0.39, 0.29) is 16.9 Å². The maximum absolute atomic E-state index is 9.93. The molecule has 2 N–H and O–H groups in total. The third-order valence-corrected chi connectivity index (χ3v) is 9.10. The fourth-order valence-electron chi connectivity index (χ4n) is 6.07. The van der Waals surface area contributed by atoms with Crippen LogP contribution in [0.15, 0.2) is 146 Å². The molecule has 45 heavy (non-hydrogen) atoms. The van der Waals surface area contributed by atoms with Crippen LogP contribution in [0.5, 0.6) is 11.5 Å². The second-order valence-corrected chi connectivity index (χ2v) is 12.1. The molecule has 6 aromatic rings. The van der Waals surface area contributed by atoms with E-state index in [1.54, 1.807) is 24.3 Å². The minimum atomic E-state index is -0.300. The molecule has 0 spiro atoms. The van der Waals surface area contributed by atoms with Crippen molar-refractivity contribution in [1.82, 2.24) is 0 Å². The van der Waals surface area contributed by atoms with Gasteiger partial charge in [-0.1, -0.05) is 91.9 Å². The Bertz CT molecular complexity index is 1810. The third-order valence-electron chi connectivity index (χ3n) is 9.10. The first-order valence-corrected chi connectivity index (χ1v) is 15.5. The first-order chi connectivity index (χ1) is 21.8. The number of benzene rings is 6. The highest BCUT2D eigenvalue weighted by Crippen LogP contribution is 2.39. The highest BCUT2D eigenvalue weighted by Gasteiger charge is 2.29. The Morgan fingerprint density at radius 2 is 1.00 bits per heavy atom. The zero-order chi connectivity index (χ0) is 31.4. The summed E-state index contributed by atoms with van der Waals surface area (Å²) in [5, 5.41) is 19.9. The fourth-order valence-corrected chi connectivity index (χ4v) is 6.07. The van der Waals surface area contributed by atoms with E-state index in [4.69, 9.17) is 0 Å². The topological polar surface area (TPSA) is 43.7 Å². The molecular formula is C42H39NO2. The molecule has 0 saturated heterocycles. The van der Waals surface area contributed by atoms with E-state index in [1.807, 2.05) is 30.3 Å². The summed E-state index contributed by atoms with van der Waals surface area (Å²) in [7, 11) is 0. The highest BCUT2D eigenvalue weighted by atomic mass is 16.3. The van der Waals surface area contributed by atoms with Crippen molar-refractivity contribution in [1.29, 1.82) is 0 Å². The predicted molar refractivity (Wildman–Crippen MR) is 187 cm³/mol. The van der Waals surface area contributed by atoms with Crippen molar-refractivity contribution >= 4 is 17.1 Å². The Morgan fingerprint density at radius 3 is 1.53 bits per heavy atom. The summed E-state index contributed by atoms with van der Waals surface area (Å²) in [6.45, 7) is 6.55. The van der Waals surface area contributed by atoms with E-state index in [0.29, 0.717) is 0 Å². The molecule has 3 heteroatoms. The number of phenolic OH excluding ortho intramolecular Hbond substituents is 2. The molecule has 6 aromatic carbocycles. The Labute approximate surface area is 266 Å². The van der Waals surface area contributed by atoms with Crippen molar-refractivity contribution < 1.29 is 10.2 Å². The minimum absolute atomic E-state index is 0.255. The summed E-state index contributed by atoms with van der Waals surface area (Å²) in [4.78, 5) is 2.32. The van der Waals surface area contributed by atoms with Gasteiger partial charge in [0.05, 0.1) is 0 Å². The number of hydrogen-bond acceptors (Lipinski definition) is 3. The van der Waals surface area contributed by atoms with Crippen molar-refractivity contribution in [2.24, 2.45) is 0 Å². The van der Waals surface area contributed by atoms with Gasteiger partial charge < -0.3 is 15.1 Å². The number of rotatable bonds is 9. The quantitative estimate of drug-likeness (QED) is 0.176. The average molecular weight is 590 g/mol. The van der Waals surface area contributed by atoms with Crippen molar-refractivity contribution in [2.75, 3.05) is 4.90 Å². The number of aryl methyl sites for hydroxylation is 3. The Kier molecular flexibility index (Phi) is 8.44. The molecule has 0 aliphatic carbocycles. The molecule has 0 saturated carbocycles. The molecule has 0 aliphatic heterocycles. The average Bonchev–Trinajstić information content (AvgIpc) is 3.07. The molecule has 224 valence electrons. The van der Waals surface area contributed by atoms with Gasteiger partial charge in [0.2, 0.25) is 0 Å². The van der Waals surface area contributed by atoms with Crippen LogP contribution in [0.3, 0.4) is 0 Å². The van der Waals surface area contributed by atoms with Gasteiger partial charge in [-0.05, 0) is 126 Å². The van der Waals surface area contributed by atoms with E-state index in [2.05, 4.69) is 117 Å². The lowest BCUT2D eigenvalue weighted by Gasteiger charge is -2.31. The summed E-state index contributed by atoms with van der Waals surface area (Å²) in [5.41, 5.74) is 11.5. The second-order valence-electron chi connectivity index (χ2n) is 12.1. The molecule has 0 aromatic heterocycles. The van der Waals surface area contributed by atoms with Gasteiger partial charge in [-0.25, -0.2) is 0 Å². The largest absolute Gasteiger partial charge is 0.508 e. The predicted octanol–water partition coefficient (Wildman–Crippen LogP) is 10.8. The minimum Gasteiger partial charge on any atom is -0.508 e. The van der Waals surface area contributed by atoms with Crippen molar-refractivity contribution in [2.45, 2.75) is 39.0 Å². The number of phenols is 2. The summed E-state index contributed by atoms with van der Waals surface area (Å²) in [6.07, 6.45) is 1.73. The molecule has 0 fully saturated rings. The zero-order valence-corrected chi connectivity index (χ0v) is 26.1. The number of aromatic hydroxyl groups is 2. The monoisotopic (exact) mass is 589 g/mol. The molecule has 0 aliphatic rings. The van der Waals surface area contributed by atoms with Gasteiger partial charge in [0.15, 0.2) is 0 Å². The van der Waals surface area contributed by atoms with Crippen LogP contribution in [0, 0.1) is 13.8 Å². The summed E-state index contributed by atoms with van der Waals surface area (Å²) >= 11 is 0. The fraction of sp³-hybridized carbons (Fsp3) is 0.143. The van der Waals surface area contributed by atoms with E-state index < -0.39 is 0 Å². The van der Waals surface area contributed by atoms with E-state index in [1.165, 1.54) is 27.8 Å². The maximum Gasteiger partial charge on any atom is 0.115 e. The van der Waals surface area contributed by atoms with Gasteiger partial charge in [-0.15, -0.1) is 0 Å². The van der Waals surface area contributed by atoms with Crippen molar-refractivity contribution in [3.8, 4) is 22.6 Å². The molecule has 0 atom stereocenters. The molecule has 0 bridgehead atoms. The maximum atomic E-state index is 9.93.